The smallest absolute Gasteiger partial charge is 0.314 e. The van der Waals surface area contributed by atoms with Crippen molar-refractivity contribution in [3.8, 4) is 5.75 Å². The number of hydrogen-bond acceptors (Lipinski definition) is 3. The van der Waals surface area contributed by atoms with Gasteiger partial charge in [-0.25, -0.2) is 0 Å². The fourth-order valence-electron chi connectivity index (χ4n) is 3.53. The van der Waals surface area contributed by atoms with Crippen molar-refractivity contribution in [3.63, 3.8) is 0 Å². The minimum absolute atomic E-state index is 0.111. The number of rotatable bonds is 4. The van der Waals surface area contributed by atoms with Crippen LogP contribution in [0.5, 0.6) is 5.75 Å². The Morgan fingerprint density at radius 3 is 2.42 bits per heavy atom. The van der Waals surface area contributed by atoms with Crippen LogP contribution in [-0.2, 0) is 10.2 Å². The SMILES string of the molecule is CC1Oc2ccc(C(=O)Nc3ccc(C4(C(=O)O)CC4)cc3)cc2C1C. The van der Waals surface area contributed by atoms with Crippen molar-refractivity contribution in [1.29, 1.82) is 0 Å². The number of fused-ring (bicyclic) bond motifs is 1. The molecule has 0 spiro atoms. The van der Waals surface area contributed by atoms with Crippen LogP contribution >= 0.6 is 0 Å². The van der Waals surface area contributed by atoms with Gasteiger partial charge in [-0.3, -0.25) is 9.59 Å². The first-order chi connectivity index (χ1) is 12.4. The summed E-state index contributed by atoms with van der Waals surface area (Å²) in [5, 5.41) is 12.2. The average Bonchev–Trinajstić information content (AvgIpc) is 3.39. The molecule has 1 heterocycles. The molecule has 2 aliphatic rings. The predicted octanol–water partition coefficient (Wildman–Crippen LogP) is 3.94. The van der Waals surface area contributed by atoms with Crippen molar-refractivity contribution < 1.29 is 19.4 Å². The molecule has 0 radical (unpaired) electrons. The molecule has 2 unspecified atom stereocenters. The van der Waals surface area contributed by atoms with Crippen molar-refractivity contribution in [1.82, 2.24) is 0 Å². The van der Waals surface area contributed by atoms with Gasteiger partial charge in [-0.05, 0) is 55.7 Å². The molecule has 0 aromatic heterocycles. The van der Waals surface area contributed by atoms with Gasteiger partial charge in [0, 0.05) is 22.7 Å². The van der Waals surface area contributed by atoms with E-state index in [1.54, 1.807) is 30.3 Å². The molecule has 1 saturated carbocycles. The molecular weight excluding hydrogens is 330 g/mol. The molecule has 1 amide bonds. The maximum Gasteiger partial charge on any atom is 0.314 e. The minimum atomic E-state index is -0.780. The number of ether oxygens (including phenoxy) is 1. The Balaban J connectivity index is 1.50. The third-order valence-electron chi connectivity index (χ3n) is 5.63. The van der Waals surface area contributed by atoms with Crippen molar-refractivity contribution in [2.24, 2.45) is 0 Å². The summed E-state index contributed by atoms with van der Waals surface area (Å²) in [6.07, 6.45) is 1.45. The molecule has 5 nitrogen and oxygen atoms in total. The Bertz CT molecular complexity index is 883. The molecule has 1 fully saturated rings. The molecule has 1 aliphatic carbocycles. The van der Waals surface area contributed by atoms with Gasteiger partial charge in [-0.15, -0.1) is 0 Å². The zero-order chi connectivity index (χ0) is 18.5. The van der Waals surface area contributed by atoms with E-state index in [4.69, 9.17) is 4.74 Å². The highest BCUT2D eigenvalue weighted by atomic mass is 16.5. The topological polar surface area (TPSA) is 75.6 Å². The third kappa shape index (κ3) is 2.64. The van der Waals surface area contributed by atoms with E-state index < -0.39 is 11.4 Å². The summed E-state index contributed by atoms with van der Waals surface area (Å²) >= 11 is 0. The van der Waals surface area contributed by atoms with Crippen LogP contribution < -0.4 is 10.1 Å². The molecule has 1 aliphatic heterocycles. The van der Waals surface area contributed by atoms with Crippen LogP contribution in [0.3, 0.4) is 0 Å². The summed E-state index contributed by atoms with van der Waals surface area (Å²) in [6, 6.07) is 12.6. The zero-order valence-electron chi connectivity index (χ0n) is 14.8. The van der Waals surface area contributed by atoms with Crippen LogP contribution in [0.1, 0.15) is 54.1 Å². The summed E-state index contributed by atoms with van der Waals surface area (Å²) in [5.41, 5.74) is 2.35. The summed E-state index contributed by atoms with van der Waals surface area (Å²) < 4.78 is 5.76. The molecule has 5 heteroatoms. The summed E-state index contributed by atoms with van der Waals surface area (Å²) in [7, 11) is 0. The van der Waals surface area contributed by atoms with Gasteiger partial charge >= 0.3 is 5.97 Å². The second-order valence-electron chi connectivity index (χ2n) is 7.28. The molecule has 2 N–H and O–H groups in total. The highest BCUT2D eigenvalue weighted by Crippen LogP contribution is 2.48. The number of hydrogen-bond donors (Lipinski definition) is 2. The molecule has 2 atom stereocenters. The summed E-state index contributed by atoms with van der Waals surface area (Å²) in [4.78, 5) is 24.0. The maximum absolute atomic E-state index is 12.6. The van der Waals surface area contributed by atoms with Crippen LogP contribution in [-0.4, -0.2) is 23.1 Å². The Morgan fingerprint density at radius 1 is 1.12 bits per heavy atom. The lowest BCUT2D eigenvalue weighted by atomic mass is 9.96. The Labute approximate surface area is 152 Å². The zero-order valence-corrected chi connectivity index (χ0v) is 14.8. The standard InChI is InChI=1S/C21H21NO4/c1-12-13(2)26-18-8-3-14(11-17(12)18)19(23)22-16-6-4-15(5-7-16)21(9-10-21)20(24)25/h3-8,11-13H,9-10H2,1-2H3,(H,22,23)(H,24,25). The van der Waals surface area contributed by atoms with E-state index in [1.165, 1.54) is 0 Å². The number of carbonyl (C=O) groups excluding carboxylic acids is 1. The van der Waals surface area contributed by atoms with Crippen molar-refractivity contribution in [3.05, 3.63) is 59.2 Å². The fourth-order valence-corrected chi connectivity index (χ4v) is 3.53. The first-order valence-corrected chi connectivity index (χ1v) is 8.86. The monoisotopic (exact) mass is 351 g/mol. The first kappa shape index (κ1) is 16.6. The van der Waals surface area contributed by atoms with E-state index in [0.717, 1.165) is 16.9 Å². The van der Waals surface area contributed by atoms with Gasteiger partial charge in [0.05, 0.1) is 5.41 Å². The largest absolute Gasteiger partial charge is 0.490 e. The molecule has 134 valence electrons. The van der Waals surface area contributed by atoms with Crippen LogP contribution in [0.25, 0.3) is 0 Å². The van der Waals surface area contributed by atoms with Gasteiger partial charge < -0.3 is 15.2 Å². The van der Waals surface area contributed by atoms with Gasteiger partial charge in [-0.1, -0.05) is 19.1 Å². The molecule has 26 heavy (non-hydrogen) atoms. The van der Waals surface area contributed by atoms with Gasteiger partial charge in [0.15, 0.2) is 0 Å². The quantitative estimate of drug-likeness (QED) is 0.875. The van der Waals surface area contributed by atoms with Crippen LogP contribution in [0.2, 0.25) is 0 Å². The lowest BCUT2D eigenvalue weighted by Crippen LogP contribution is -2.19. The fraction of sp³-hybridized carbons (Fsp3) is 0.333. The lowest BCUT2D eigenvalue weighted by Gasteiger charge is -2.12. The van der Waals surface area contributed by atoms with Gasteiger partial charge in [-0.2, -0.15) is 0 Å². The number of benzene rings is 2. The lowest BCUT2D eigenvalue weighted by molar-refractivity contribution is -0.140. The number of carbonyl (C=O) groups is 2. The third-order valence-corrected chi connectivity index (χ3v) is 5.63. The van der Waals surface area contributed by atoms with E-state index in [2.05, 4.69) is 12.2 Å². The number of amides is 1. The minimum Gasteiger partial charge on any atom is -0.490 e. The Morgan fingerprint density at radius 2 is 1.81 bits per heavy atom. The van der Waals surface area contributed by atoms with Gasteiger partial charge in [0.2, 0.25) is 0 Å². The number of carboxylic acids is 1. The molecule has 2 aromatic carbocycles. The molecule has 0 saturated heterocycles. The maximum atomic E-state index is 12.6. The normalized spacial score (nSPS) is 22.2. The van der Waals surface area contributed by atoms with Crippen molar-refractivity contribution in [2.75, 3.05) is 5.32 Å². The Hall–Kier alpha value is -2.82. The number of carboxylic acid groups (broad SMARTS) is 1. The second kappa shape index (κ2) is 5.87. The molecule has 4 rings (SSSR count). The predicted molar refractivity (Wildman–Crippen MR) is 97.9 cm³/mol. The van der Waals surface area contributed by atoms with Crippen molar-refractivity contribution in [2.45, 2.75) is 44.1 Å². The van der Waals surface area contributed by atoms with E-state index >= 15 is 0 Å². The second-order valence-corrected chi connectivity index (χ2v) is 7.28. The highest BCUT2D eigenvalue weighted by molar-refractivity contribution is 6.04. The van der Waals surface area contributed by atoms with E-state index in [-0.39, 0.29) is 17.9 Å². The van der Waals surface area contributed by atoms with E-state index in [1.807, 2.05) is 19.1 Å². The molecule has 0 bridgehead atoms. The number of aliphatic carboxylic acids is 1. The summed E-state index contributed by atoms with van der Waals surface area (Å²) in [6.45, 7) is 4.11. The van der Waals surface area contributed by atoms with E-state index in [9.17, 15) is 14.7 Å². The van der Waals surface area contributed by atoms with Crippen LogP contribution in [0.4, 0.5) is 5.69 Å². The van der Waals surface area contributed by atoms with Crippen LogP contribution in [0.15, 0.2) is 42.5 Å². The highest BCUT2D eigenvalue weighted by Gasteiger charge is 2.51. The first-order valence-electron chi connectivity index (χ1n) is 8.86. The average molecular weight is 351 g/mol. The van der Waals surface area contributed by atoms with Gasteiger partial charge in [0.25, 0.3) is 5.91 Å². The molecule has 2 aromatic rings. The summed E-state index contributed by atoms with van der Waals surface area (Å²) in [5.74, 6) is 0.127. The van der Waals surface area contributed by atoms with Crippen molar-refractivity contribution >= 4 is 17.6 Å². The number of nitrogens with one attached hydrogen (secondary N) is 1. The number of anilines is 1. The van der Waals surface area contributed by atoms with E-state index in [0.29, 0.717) is 24.1 Å². The van der Waals surface area contributed by atoms with Crippen LogP contribution in [0, 0.1) is 0 Å². The molecular formula is C21H21NO4. The van der Waals surface area contributed by atoms with Gasteiger partial charge in [0.1, 0.15) is 11.9 Å². The Kier molecular flexibility index (Phi) is 3.75.